The van der Waals surface area contributed by atoms with E-state index in [-0.39, 0.29) is 11.8 Å². The van der Waals surface area contributed by atoms with Crippen molar-refractivity contribution in [2.75, 3.05) is 37.5 Å². The summed E-state index contributed by atoms with van der Waals surface area (Å²) in [5, 5.41) is 6.23. The summed E-state index contributed by atoms with van der Waals surface area (Å²) in [6, 6.07) is 11.8. The number of ether oxygens (including phenoxy) is 2. The number of aromatic nitrogens is 1. The number of amides is 1. The lowest BCUT2D eigenvalue weighted by Gasteiger charge is -2.21. The van der Waals surface area contributed by atoms with Crippen molar-refractivity contribution in [1.82, 2.24) is 4.98 Å². The van der Waals surface area contributed by atoms with E-state index in [4.69, 9.17) is 9.47 Å². The zero-order valence-electron chi connectivity index (χ0n) is 15.0. The molecule has 1 amide bonds. The first-order valence-electron chi connectivity index (χ1n) is 8.96. The highest BCUT2D eigenvalue weighted by molar-refractivity contribution is 5.92. The van der Waals surface area contributed by atoms with Gasteiger partial charge in [0.15, 0.2) is 0 Å². The van der Waals surface area contributed by atoms with Gasteiger partial charge in [0.25, 0.3) is 0 Å². The molecular formula is C20H25N3O3. The summed E-state index contributed by atoms with van der Waals surface area (Å²) in [5.41, 5.74) is 1.93. The van der Waals surface area contributed by atoms with Crippen LogP contribution in [0.4, 0.5) is 11.5 Å². The summed E-state index contributed by atoms with van der Waals surface area (Å²) < 4.78 is 10.5. The fourth-order valence-corrected chi connectivity index (χ4v) is 2.94. The fraction of sp³-hybridized carbons (Fsp3) is 0.400. The molecule has 2 aromatic rings. The highest BCUT2D eigenvalue weighted by Crippen LogP contribution is 2.18. The number of hydrogen-bond donors (Lipinski definition) is 2. The second-order valence-corrected chi connectivity index (χ2v) is 6.34. The van der Waals surface area contributed by atoms with Crippen LogP contribution in [0.1, 0.15) is 18.4 Å². The van der Waals surface area contributed by atoms with Gasteiger partial charge in [-0.25, -0.2) is 4.98 Å². The zero-order chi connectivity index (χ0) is 18.2. The Balaban J connectivity index is 1.45. The number of hydrogen-bond acceptors (Lipinski definition) is 5. The quantitative estimate of drug-likeness (QED) is 0.798. The molecule has 0 radical (unpaired) electrons. The largest absolute Gasteiger partial charge is 0.497 e. The molecule has 0 aliphatic carbocycles. The number of pyridine rings is 1. The number of rotatable bonds is 7. The summed E-state index contributed by atoms with van der Waals surface area (Å²) in [4.78, 5) is 16.6. The standard InChI is InChI=1S/C20H25N3O3/c1-25-18-4-2-3-15(13-18)7-10-21-19-6-5-17(14-22-19)23-20(24)16-8-11-26-12-9-16/h2-6,13-14,16H,7-12H2,1H3,(H,21,22)(H,23,24). The molecule has 0 bridgehead atoms. The molecule has 0 atom stereocenters. The van der Waals surface area contributed by atoms with E-state index in [2.05, 4.69) is 21.7 Å². The lowest BCUT2D eigenvalue weighted by molar-refractivity contribution is -0.122. The average molecular weight is 355 g/mol. The summed E-state index contributed by atoms with van der Waals surface area (Å²) in [5.74, 6) is 1.74. The van der Waals surface area contributed by atoms with Crippen LogP contribution in [0, 0.1) is 5.92 Å². The molecule has 6 nitrogen and oxygen atoms in total. The third kappa shape index (κ3) is 5.20. The molecule has 1 aromatic heterocycles. The Bertz CT molecular complexity index is 712. The summed E-state index contributed by atoms with van der Waals surface area (Å²) >= 11 is 0. The molecule has 1 aliphatic heterocycles. The molecule has 1 aliphatic rings. The molecule has 0 spiro atoms. The number of carbonyl (C=O) groups is 1. The van der Waals surface area contributed by atoms with E-state index in [0.717, 1.165) is 43.1 Å². The molecule has 2 N–H and O–H groups in total. The minimum Gasteiger partial charge on any atom is -0.497 e. The van der Waals surface area contributed by atoms with E-state index in [1.54, 1.807) is 13.3 Å². The number of benzene rings is 1. The minimum absolute atomic E-state index is 0.0319. The Morgan fingerprint density at radius 3 is 2.85 bits per heavy atom. The zero-order valence-corrected chi connectivity index (χ0v) is 15.0. The molecule has 1 aromatic carbocycles. The van der Waals surface area contributed by atoms with Crippen molar-refractivity contribution in [2.45, 2.75) is 19.3 Å². The van der Waals surface area contributed by atoms with Crippen LogP contribution in [0.15, 0.2) is 42.6 Å². The Morgan fingerprint density at radius 1 is 1.27 bits per heavy atom. The van der Waals surface area contributed by atoms with Gasteiger partial charge in [0.1, 0.15) is 11.6 Å². The van der Waals surface area contributed by atoms with Gasteiger partial charge < -0.3 is 20.1 Å². The van der Waals surface area contributed by atoms with Crippen LogP contribution in [-0.4, -0.2) is 37.8 Å². The Kier molecular flexibility index (Phi) is 6.44. The first-order valence-corrected chi connectivity index (χ1v) is 8.96. The highest BCUT2D eigenvalue weighted by Gasteiger charge is 2.21. The average Bonchev–Trinajstić information content (AvgIpc) is 2.70. The van der Waals surface area contributed by atoms with Crippen LogP contribution in [0.25, 0.3) is 0 Å². The summed E-state index contributed by atoms with van der Waals surface area (Å²) in [6.07, 6.45) is 4.12. The Hall–Kier alpha value is -2.60. The van der Waals surface area contributed by atoms with E-state index in [1.807, 2.05) is 30.3 Å². The molecule has 3 rings (SSSR count). The van der Waals surface area contributed by atoms with Crippen molar-refractivity contribution < 1.29 is 14.3 Å². The van der Waals surface area contributed by atoms with E-state index < -0.39 is 0 Å². The lowest BCUT2D eigenvalue weighted by atomic mass is 9.99. The van der Waals surface area contributed by atoms with Crippen molar-refractivity contribution in [3.8, 4) is 5.75 Å². The second-order valence-electron chi connectivity index (χ2n) is 6.34. The number of anilines is 2. The van der Waals surface area contributed by atoms with E-state index >= 15 is 0 Å². The molecule has 26 heavy (non-hydrogen) atoms. The summed E-state index contributed by atoms with van der Waals surface area (Å²) in [6.45, 7) is 2.09. The molecule has 0 saturated carbocycles. The van der Waals surface area contributed by atoms with Crippen molar-refractivity contribution in [3.63, 3.8) is 0 Å². The Morgan fingerprint density at radius 2 is 2.12 bits per heavy atom. The molecule has 2 heterocycles. The van der Waals surface area contributed by atoms with Gasteiger partial charge in [0.2, 0.25) is 5.91 Å². The number of nitrogens with zero attached hydrogens (tertiary/aromatic N) is 1. The third-order valence-electron chi connectivity index (χ3n) is 4.48. The van der Waals surface area contributed by atoms with Crippen molar-refractivity contribution in [2.24, 2.45) is 5.92 Å². The van der Waals surface area contributed by atoms with Gasteiger partial charge in [0.05, 0.1) is 19.0 Å². The van der Waals surface area contributed by atoms with E-state index in [9.17, 15) is 4.79 Å². The number of methoxy groups -OCH3 is 1. The summed E-state index contributed by atoms with van der Waals surface area (Å²) in [7, 11) is 1.67. The lowest BCUT2D eigenvalue weighted by Crippen LogP contribution is -2.28. The minimum atomic E-state index is 0.0319. The molecule has 6 heteroatoms. The molecule has 138 valence electrons. The molecule has 0 unspecified atom stereocenters. The van der Waals surface area contributed by atoms with Crippen LogP contribution in [0.2, 0.25) is 0 Å². The van der Waals surface area contributed by atoms with E-state index in [0.29, 0.717) is 13.2 Å². The fourth-order valence-electron chi connectivity index (χ4n) is 2.94. The van der Waals surface area contributed by atoms with Crippen molar-refractivity contribution in [3.05, 3.63) is 48.2 Å². The predicted octanol–water partition coefficient (Wildman–Crippen LogP) is 3.11. The third-order valence-corrected chi connectivity index (χ3v) is 4.48. The van der Waals surface area contributed by atoms with Crippen LogP contribution in [0.5, 0.6) is 5.75 Å². The number of carbonyl (C=O) groups excluding carboxylic acids is 1. The van der Waals surface area contributed by atoms with Gasteiger partial charge >= 0.3 is 0 Å². The van der Waals surface area contributed by atoms with Crippen LogP contribution in [-0.2, 0) is 16.0 Å². The maximum atomic E-state index is 12.2. The van der Waals surface area contributed by atoms with Gasteiger partial charge in [0, 0.05) is 25.7 Å². The van der Waals surface area contributed by atoms with Gasteiger partial charge in [-0.3, -0.25) is 4.79 Å². The predicted molar refractivity (Wildman–Crippen MR) is 102 cm³/mol. The van der Waals surface area contributed by atoms with Crippen LogP contribution >= 0.6 is 0 Å². The smallest absolute Gasteiger partial charge is 0.227 e. The monoisotopic (exact) mass is 355 g/mol. The Labute approximate surface area is 153 Å². The van der Waals surface area contributed by atoms with Gasteiger partial charge in [-0.2, -0.15) is 0 Å². The van der Waals surface area contributed by atoms with Crippen LogP contribution < -0.4 is 15.4 Å². The highest BCUT2D eigenvalue weighted by atomic mass is 16.5. The second kappa shape index (κ2) is 9.20. The number of nitrogens with one attached hydrogen (secondary N) is 2. The molecule has 1 saturated heterocycles. The van der Waals surface area contributed by atoms with Gasteiger partial charge in [-0.15, -0.1) is 0 Å². The molecular weight excluding hydrogens is 330 g/mol. The van der Waals surface area contributed by atoms with Gasteiger partial charge in [-0.05, 0) is 49.1 Å². The SMILES string of the molecule is COc1cccc(CCNc2ccc(NC(=O)C3CCOCC3)cn2)c1. The van der Waals surface area contributed by atoms with Crippen molar-refractivity contribution >= 4 is 17.4 Å². The van der Waals surface area contributed by atoms with Gasteiger partial charge in [-0.1, -0.05) is 12.1 Å². The first kappa shape index (κ1) is 18.2. The first-order chi connectivity index (χ1) is 12.7. The maximum Gasteiger partial charge on any atom is 0.227 e. The molecule has 1 fully saturated rings. The van der Waals surface area contributed by atoms with E-state index in [1.165, 1.54) is 5.56 Å². The topological polar surface area (TPSA) is 72.5 Å². The van der Waals surface area contributed by atoms with Crippen LogP contribution in [0.3, 0.4) is 0 Å². The maximum absolute atomic E-state index is 12.2. The van der Waals surface area contributed by atoms with Crippen molar-refractivity contribution in [1.29, 1.82) is 0 Å². The normalized spacial score (nSPS) is 14.7.